The van der Waals surface area contributed by atoms with Crippen LogP contribution in [0.3, 0.4) is 0 Å². The van der Waals surface area contributed by atoms with E-state index < -0.39 is 12.1 Å². The molecule has 0 aliphatic heterocycles. The molecule has 0 rings (SSSR count). The zero-order valence-corrected chi connectivity index (χ0v) is 27.6. The molecule has 0 heterocycles. The number of nitrogens with one attached hydrogen (secondary N) is 1. The average Bonchev–Trinajstić information content (AvgIpc) is 2.97. The monoisotopic (exact) mass is 578 g/mol. The third-order valence-corrected chi connectivity index (χ3v) is 8.19. The highest BCUT2D eigenvalue weighted by atomic mass is 16.3. The van der Waals surface area contributed by atoms with Gasteiger partial charge in [0.15, 0.2) is 0 Å². The summed E-state index contributed by atoms with van der Waals surface area (Å²) in [6, 6.07) is -0.632. The van der Waals surface area contributed by atoms with Gasteiger partial charge in [0.25, 0.3) is 0 Å². The molecule has 0 aromatic heterocycles. The molecule has 0 radical (unpaired) electrons. The molecule has 0 bridgehead atoms. The molecule has 0 saturated heterocycles. The molecule has 0 fully saturated rings. The maximum atomic E-state index is 12.3. The topological polar surface area (TPSA) is 69.6 Å². The number of amides is 1. The molecule has 242 valence electrons. The summed E-state index contributed by atoms with van der Waals surface area (Å²) in [6.07, 6.45) is 41.2. The van der Waals surface area contributed by atoms with Crippen LogP contribution in [0.2, 0.25) is 0 Å². The quantitative estimate of drug-likeness (QED) is 0.0550. The lowest BCUT2D eigenvalue weighted by Gasteiger charge is -2.19. The maximum absolute atomic E-state index is 12.3. The Balaban J connectivity index is 3.64. The van der Waals surface area contributed by atoms with Crippen LogP contribution in [-0.4, -0.2) is 34.9 Å². The van der Waals surface area contributed by atoms with Gasteiger partial charge in [0.05, 0.1) is 18.8 Å². The lowest BCUT2D eigenvalue weighted by Crippen LogP contribution is -2.45. The van der Waals surface area contributed by atoms with E-state index in [9.17, 15) is 15.0 Å². The van der Waals surface area contributed by atoms with Gasteiger partial charge in [-0.15, -0.1) is 0 Å². The highest BCUT2D eigenvalue weighted by Crippen LogP contribution is 2.14. The Morgan fingerprint density at radius 3 is 1.41 bits per heavy atom. The van der Waals surface area contributed by atoms with E-state index in [4.69, 9.17) is 0 Å². The van der Waals surface area contributed by atoms with Crippen LogP contribution in [0.25, 0.3) is 0 Å². The van der Waals surface area contributed by atoms with E-state index in [2.05, 4.69) is 31.3 Å². The molecule has 0 aliphatic rings. The Kier molecular flexibility index (Phi) is 32.5. The molecular weight excluding hydrogens is 506 g/mol. The van der Waals surface area contributed by atoms with Crippen molar-refractivity contribution in [3.63, 3.8) is 0 Å². The van der Waals surface area contributed by atoms with Gasteiger partial charge in [0, 0.05) is 6.42 Å². The van der Waals surface area contributed by atoms with Crippen LogP contribution in [0.1, 0.15) is 187 Å². The van der Waals surface area contributed by atoms with E-state index in [1.54, 1.807) is 6.08 Å². The van der Waals surface area contributed by atoms with E-state index in [0.717, 1.165) is 32.1 Å². The minimum absolute atomic E-state index is 0.0739. The third kappa shape index (κ3) is 30.1. The van der Waals surface area contributed by atoms with Crippen molar-refractivity contribution >= 4 is 5.91 Å². The zero-order chi connectivity index (χ0) is 30.1. The first-order valence-electron chi connectivity index (χ1n) is 18.1. The van der Waals surface area contributed by atoms with Crippen LogP contribution in [-0.2, 0) is 4.79 Å². The van der Waals surface area contributed by atoms with Crippen molar-refractivity contribution < 1.29 is 15.0 Å². The summed E-state index contributed by atoms with van der Waals surface area (Å²) in [4.78, 5) is 12.3. The second-order valence-corrected chi connectivity index (χ2v) is 12.3. The third-order valence-electron chi connectivity index (χ3n) is 8.19. The molecule has 41 heavy (non-hydrogen) atoms. The van der Waals surface area contributed by atoms with Crippen molar-refractivity contribution in [3.05, 3.63) is 24.3 Å². The summed E-state index contributed by atoms with van der Waals surface area (Å²) in [5.41, 5.74) is 0. The lowest BCUT2D eigenvalue weighted by molar-refractivity contribution is -0.123. The van der Waals surface area contributed by atoms with Gasteiger partial charge in [-0.3, -0.25) is 4.79 Å². The van der Waals surface area contributed by atoms with Gasteiger partial charge in [-0.05, 0) is 32.1 Å². The number of carbonyl (C=O) groups excluding carboxylic acids is 1. The first kappa shape index (κ1) is 39.9. The van der Waals surface area contributed by atoms with E-state index in [-0.39, 0.29) is 12.5 Å². The molecule has 0 aromatic carbocycles. The largest absolute Gasteiger partial charge is 0.394 e. The van der Waals surface area contributed by atoms with Gasteiger partial charge in [0.2, 0.25) is 5.91 Å². The fourth-order valence-corrected chi connectivity index (χ4v) is 5.37. The fraction of sp³-hybridized carbons (Fsp3) is 0.865. The number of carbonyl (C=O) groups is 1. The summed E-state index contributed by atoms with van der Waals surface area (Å²) < 4.78 is 0. The van der Waals surface area contributed by atoms with Crippen molar-refractivity contribution in [1.29, 1.82) is 0 Å². The van der Waals surface area contributed by atoms with Gasteiger partial charge in [-0.2, -0.15) is 0 Å². The Morgan fingerprint density at radius 1 is 0.561 bits per heavy atom. The van der Waals surface area contributed by atoms with Gasteiger partial charge in [-0.25, -0.2) is 0 Å². The molecule has 0 spiro atoms. The first-order valence-corrected chi connectivity index (χ1v) is 18.1. The highest BCUT2D eigenvalue weighted by Gasteiger charge is 2.17. The molecule has 4 heteroatoms. The predicted molar refractivity (Wildman–Crippen MR) is 179 cm³/mol. The van der Waals surface area contributed by atoms with Crippen molar-refractivity contribution in [3.8, 4) is 0 Å². The standard InChI is InChI=1S/C37H71NO3/c1-3-5-7-9-11-13-15-17-18-19-21-23-25-27-29-31-33-37(41)38-35(34-39)36(40)32-30-28-26-24-22-20-16-14-12-10-8-6-4-2/h22,24,30,32,35-36,39-40H,3-21,23,25-29,31,33-34H2,1-2H3,(H,38,41)/b24-22+,32-30+. The maximum Gasteiger partial charge on any atom is 0.220 e. The van der Waals surface area contributed by atoms with Crippen LogP contribution in [0.5, 0.6) is 0 Å². The molecule has 4 nitrogen and oxygen atoms in total. The van der Waals surface area contributed by atoms with E-state index in [1.807, 2.05) is 6.08 Å². The Labute approximate surface area is 256 Å². The SMILES string of the molecule is CCCCCCCCC/C=C/CC/C=C/C(O)C(CO)NC(=O)CCCCCCCCCCCCCCCCCC. The summed E-state index contributed by atoms with van der Waals surface area (Å²) in [5.74, 6) is -0.0739. The van der Waals surface area contributed by atoms with Crippen LogP contribution in [0.4, 0.5) is 0 Å². The first-order chi connectivity index (χ1) is 20.2. The highest BCUT2D eigenvalue weighted by molar-refractivity contribution is 5.76. The van der Waals surface area contributed by atoms with Crippen LogP contribution in [0.15, 0.2) is 24.3 Å². The van der Waals surface area contributed by atoms with Crippen LogP contribution in [0, 0.1) is 0 Å². The number of aliphatic hydroxyl groups is 2. The summed E-state index contributed by atoms with van der Waals surface area (Å²) in [7, 11) is 0. The molecule has 2 atom stereocenters. The molecule has 3 N–H and O–H groups in total. The van der Waals surface area contributed by atoms with Crippen molar-refractivity contribution in [2.75, 3.05) is 6.61 Å². The van der Waals surface area contributed by atoms with Crippen LogP contribution >= 0.6 is 0 Å². The Hall–Kier alpha value is -1.13. The summed E-state index contributed by atoms with van der Waals surface area (Å²) in [6.45, 7) is 4.28. The van der Waals surface area contributed by atoms with Crippen molar-refractivity contribution in [2.24, 2.45) is 0 Å². The summed E-state index contributed by atoms with van der Waals surface area (Å²) >= 11 is 0. The van der Waals surface area contributed by atoms with Crippen molar-refractivity contribution in [2.45, 2.75) is 199 Å². The normalized spacial score (nSPS) is 13.4. The van der Waals surface area contributed by atoms with Gasteiger partial charge >= 0.3 is 0 Å². The second-order valence-electron chi connectivity index (χ2n) is 12.3. The van der Waals surface area contributed by atoms with E-state index >= 15 is 0 Å². The average molecular weight is 578 g/mol. The zero-order valence-electron chi connectivity index (χ0n) is 27.6. The van der Waals surface area contributed by atoms with E-state index in [1.165, 1.54) is 135 Å². The summed E-state index contributed by atoms with van der Waals surface area (Å²) in [5, 5.41) is 22.8. The Bertz CT molecular complexity index is 589. The molecular formula is C37H71NO3. The number of rotatable bonds is 32. The minimum Gasteiger partial charge on any atom is -0.394 e. The smallest absolute Gasteiger partial charge is 0.220 e. The predicted octanol–water partition coefficient (Wildman–Crippen LogP) is 10.5. The fourth-order valence-electron chi connectivity index (χ4n) is 5.37. The van der Waals surface area contributed by atoms with Gasteiger partial charge < -0.3 is 15.5 Å². The molecule has 0 aromatic rings. The molecule has 0 aliphatic carbocycles. The number of hydrogen-bond acceptors (Lipinski definition) is 3. The molecule has 1 amide bonds. The number of allylic oxidation sites excluding steroid dienone is 3. The number of unbranched alkanes of at least 4 members (excludes halogenated alkanes) is 23. The molecule has 0 saturated carbocycles. The lowest BCUT2D eigenvalue weighted by atomic mass is 10.0. The second kappa shape index (κ2) is 33.4. The van der Waals surface area contributed by atoms with Crippen molar-refractivity contribution in [1.82, 2.24) is 5.32 Å². The van der Waals surface area contributed by atoms with Gasteiger partial charge in [0.1, 0.15) is 0 Å². The van der Waals surface area contributed by atoms with Crippen LogP contribution < -0.4 is 5.32 Å². The minimum atomic E-state index is -0.855. The van der Waals surface area contributed by atoms with Gasteiger partial charge in [-0.1, -0.05) is 173 Å². The van der Waals surface area contributed by atoms with E-state index in [0.29, 0.717) is 6.42 Å². The number of hydrogen-bond donors (Lipinski definition) is 3. The Morgan fingerprint density at radius 2 is 0.951 bits per heavy atom. The number of aliphatic hydroxyl groups excluding tert-OH is 2. The molecule has 2 unspecified atom stereocenters.